The molecule has 2 N–H and O–H groups in total. The molecule has 0 unspecified atom stereocenters. The Bertz CT molecular complexity index is 390. The molecular formula is C10H10FNO2. The van der Waals surface area contributed by atoms with E-state index in [1.165, 1.54) is 6.07 Å². The molecule has 2 rings (SSSR count). The number of halogens is 1. The van der Waals surface area contributed by atoms with Crippen molar-refractivity contribution in [3.05, 3.63) is 34.6 Å². The van der Waals surface area contributed by atoms with Gasteiger partial charge in [-0.3, -0.25) is 0 Å². The predicted octanol–water partition coefficient (Wildman–Crippen LogP) is 1.17. The van der Waals surface area contributed by atoms with Crippen LogP contribution in [0.1, 0.15) is 21.5 Å². The number of nitrogens with one attached hydrogen (secondary N) is 1. The number of carbonyl (C=O) groups is 1. The highest BCUT2D eigenvalue weighted by Gasteiger charge is 2.18. The number of benzene rings is 1. The lowest BCUT2D eigenvalue weighted by molar-refractivity contribution is 0.0694. The maximum absolute atomic E-state index is 13.0. The molecule has 14 heavy (non-hydrogen) atoms. The van der Waals surface area contributed by atoms with Crippen molar-refractivity contribution < 1.29 is 14.3 Å². The summed E-state index contributed by atoms with van der Waals surface area (Å²) < 4.78 is 13.0. The second-order valence-corrected chi connectivity index (χ2v) is 3.32. The van der Waals surface area contributed by atoms with Crippen molar-refractivity contribution in [1.82, 2.24) is 5.32 Å². The Morgan fingerprint density at radius 1 is 1.50 bits per heavy atom. The molecule has 0 saturated carbocycles. The van der Waals surface area contributed by atoms with E-state index in [4.69, 9.17) is 5.11 Å². The van der Waals surface area contributed by atoms with Gasteiger partial charge >= 0.3 is 5.97 Å². The van der Waals surface area contributed by atoms with Gasteiger partial charge < -0.3 is 10.4 Å². The van der Waals surface area contributed by atoms with E-state index in [-0.39, 0.29) is 5.56 Å². The summed E-state index contributed by atoms with van der Waals surface area (Å²) in [5.41, 5.74) is 1.62. The number of fused-ring (bicyclic) bond motifs is 1. The highest BCUT2D eigenvalue weighted by atomic mass is 19.1. The lowest BCUT2D eigenvalue weighted by atomic mass is 9.95. The molecule has 0 atom stereocenters. The highest BCUT2D eigenvalue weighted by Crippen LogP contribution is 2.20. The normalized spacial score (nSPS) is 14.9. The molecule has 3 nitrogen and oxygen atoms in total. The number of rotatable bonds is 1. The second-order valence-electron chi connectivity index (χ2n) is 3.32. The van der Waals surface area contributed by atoms with Crippen LogP contribution in [0, 0.1) is 5.82 Å². The molecule has 0 aliphatic carbocycles. The Morgan fingerprint density at radius 3 is 3.00 bits per heavy atom. The minimum absolute atomic E-state index is 0.0986. The van der Waals surface area contributed by atoms with E-state index in [1.54, 1.807) is 0 Å². The number of carboxylic acids is 1. The number of carboxylic acid groups (broad SMARTS) is 1. The molecule has 0 aromatic heterocycles. The van der Waals surface area contributed by atoms with Gasteiger partial charge in [-0.25, -0.2) is 9.18 Å². The lowest BCUT2D eigenvalue weighted by Crippen LogP contribution is -2.25. The summed E-state index contributed by atoms with van der Waals surface area (Å²) in [5.74, 6) is -1.53. The lowest BCUT2D eigenvalue weighted by Gasteiger charge is -2.18. The Labute approximate surface area is 80.6 Å². The first-order valence-corrected chi connectivity index (χ1v) is 4.44. The third kappa shape index (κ3) is 1.48. The molecule has 1 aromatic carbocycles. The van der Waals surface area contributed by atoms with Crippen LogP contribution in [0.3, 0.4) is 0 Å². The zero-order valence-corrected chi connectivity index (χ0v) is 7.51. The van der Waals surface area contributed by atoms with Crippen molar-refractivity contribution in [2.45, 2.75) is 13.0 Å². The van der Waals surface area contributed by atoms with Crippen molar-refractivity contribution in [3.8, 4) is 0 Å². The summed E-state index contributed by atoms with van der Waals surface area (Å²) in [5, 5.41) is 12.0. The van der Waals surface area contributed by atoms with Crippen LogP contribution < -0.4 is 5.32 Å². The van der Waals surface area contributed by atoms with Crippen molar-refractivity contribution in [2.75, 3.05) is 6.54 Å². The Morgan fingerprint density at radius 2 is 2.29 bits per heavy atom. The molecule has 0 bridgehead atoms. The average Bonchev–Trinajstić information content (AvgIpc) is 2.16. The van der Waals surface area contributed by atoms with Crippen LogP contribution in [0.15, 0.2) is 12.1 Å². The van der Waals surface area contributed by atoms with Gasteiger partial charge in [-0.15, -0.1) is 0 Å². The van der Waals surface area contributed by atoms with E-state index in [0.29, 0.717) is 13.0 Å². The van der Waals surface area contributed by atoms with E-state index in [2.05, 4.69) is 5.32 Å². The van der Waals surface area contributed by atoms with Gasteiger partial charge in [0, 0.05) is 6.54 Å². The Kier molecular flexibility index (Phi) is 2.21. The van der Waals surface area contributed by atoms with Gasteiger partial charge in [-0.05, 0) is 36.2 Å². The fourth-order valence-electron chi connectivity index (χ4n) is 1.77. The zero-order valence-electron chi connectivity index (χ0n) is 7.51. The third-order valence-electron chi connectivity index (χ3n) is 2.40. The van der Waals surface area contributed by atoms with E-state index in [9.17, 15) is 9.18 Å². The molecule has 74 valence electrons. The SMILES string of the molecule is O=C(O)c1cc(F)cc2c1CCNC2. The summed E-state index contributed by atoms with van der Waals surface area (Å²) in [7, 11) is 0. The van der Waals surface area contributed by atoms with Gasteiger partial charge in [-0.2, -0.15) is 0 Å². The first-order valence-electron chi connectivity index (χ1n) is 4.44. The fraction of sp³-hybridized carbons (Fsp3) is 0.300. The number of aromatic carboxylic acids is 1. The topological polar surface area (TPSA) is 49.3 Å². The van der Waals surface area contributed by atoms with Gasteiger partial charge in [-0.1, -0.05) is 0 Å². The van der Waals surface area contributed by atoms with Gasteiger partial charge in [0.05, 0.1) is 5.56 Å². The first-order chi connectivity index (χ1) is 6.68. The largest absolute Gasteiger partial charge is 0.478 e. The summed E-state index contributed by atoms with van der Waals surface area (Å²) in [6.45, 7) is 1.30. The summed E-state index contributed by atoms with van der Waals surface area (Å²) in [6, 6.07) is 2.49. The van der Waals surface area contributed by atoms with Crippen LogP contribution in [-0.2, 0) is 13.0 Å². The monoisotopic (exact) mass is 195 g/mol. The standard InChI is InChI=1S/C10H10FNO2/c11-7-3-6-5-12-2-1-8(6)9(4-7)10(13)14/h3-4,12H,1-2,5H2,(H,13,14). The van der Waals surface area contributed by atoms with E-state index in [1.807, 2.05) is 0 Å². The van der Waals surface area contributed by atoms with Crippen LogP contribution in [-0.4, -0.2) is 17.6 Å². The molecule has 0 spiro atoms. The van der Waals surface area contributed by atoms with Gasteiger partial charge in [0.1, 0.15) is 5.82 Å². The summed E-state index contributed by atoms with van der Waals surface area (Å²) >= 11 is 0. The zero-order chi connectivity index (χ0) is 10.1. The van der Waals surface area contributed by atoms with Crippen LogP contribution in [0.2, 0.25) is 0 Å². The highest BCUT2D eigenvalue weighted by molar-refractivity contribution is 5.90. The van der Waals surface area contributed by atoms with Crippen molar-refractivity contribution >= 4 is 5.97 Å². The molecule has 0 fully saturated rings. The minimum Gasteiger partial charge on any atom is -0.478 e. The maximum atomic E-state index is 13.0. The first kappa shape index (κ1) is 9.15. The average molecular weight is 195 g/mol. The molecule has 0 amide bonds. The van der Waals surface area contributed by atoms with E-state index >= 15 is 0 Å². The summed E-state index contributed by atoms with van der Waals surface area (Å²) in [6.07, 6.45) is 0.650. The van der Waals surface area contributed by atoms with Gasteiger partial charge in [0.2, 0.25) is 0 Å². The molecule has 1 heterocycles. The molecule has 1 aromatic rings. The molecule has 1 aliphatic heterocycles. The molecule has 0 saturated heterocycles. The molecule has 0 radical (unpaired) electrons. The quantitative estimate of drug-likeness (QED) is 0.707. The molecule has 1 aliphatic rings. The Hall–Kier alpha value is -1.42. The summed E-state index contributed by atoms with van der Waals surface area (Å²) in [4.78, 5) is 10.8. The number of hydrogen-bond donors (Lipinski definition) is 2. The number of hydrogen-bond acceptors (Lipinski definition) is 2. The maximum Gasteiger partial charge on any atom is 0.336 e. The van der Waals surface area contributed by atoms with Crippen molar-refractivity contribution in [3.63, 3.8) is 0 Å². The van der Waals surface area contributed by atoms with Gasteiger partial charge in [0.25, 0.3) is 0 Å². The van der Waals surface area contributed by atoms with Crippen LogP contribution in [0.25, 0.3) is 0 Å². The van der Waals surface area contributed by atoms with Crippen LogP contribution in [0.4, 0.5) is 4.39 Å². The van der Waals surface area contributed by atoms with Crippen molar-refractivity contribution in [1.29, 1.82) is 0 Å². The van der Waals surface area contributed by atoms with Crippen LogP contribution >= 0.6 is 0 Å². The Balaban J connectivity index is 2.58. The minimum atomic E-state index is -1.05. The van der Waals surface area contributed by atoms with E-state index < -0.39 is 11.8 Å². The van der Waals surface area contributed by atoms with Crippen molar-refractivity contribution in [2.24, 2.45) is 0 Å². The van der Waals surface area contributed by atoms with E-state index in [0.717, 1.165) is 23.7 Å². The predicted molar refractivity (Wildman–Crippen MR) is 48.8 cm³/mol. The molecule has 4 heteroatoms. The second kappa shape index (κ2) is 3.38. The van der Waals surface area contributed by atoms with Crippen LogP contribution in [0.5, 0.6) is 0 Å². The van der Waals surface area contributed by atoms with Gasteiger partial charge in [0.15, 0.2) is 0 Å². The smallest absolute Gasteiger partial charge is 0.336 e. The fourth-order valence-corrected chi connectivity index (χ4v) is 1.77. The third-order valence-corrected chi connectivity index (χ3v) is 2.40. The molecular weight excluding hydrogens is 185 g/mol.